The van der Waals surface area contributed by atoms with Crippen LogP contribution in [0.3, 0.4) is 0 Å². The van der Waals surface area contributed by atoms with E-state index in [-0.39, 0.29) is 11.8 Å². The van der Waals surface area contributed by atoms with Gasteiger partial charge in [-0.25, -0.2) is 13.6 Å². The van der Waals surface area contributed by atoms with E-state index < -0.39 is 12.2 Å². The van der Waals surface area contributed by atoms with Crippen LogP contribution in [-0.4, -0.2) is 42.8 Å². The minimum Gasteiger partial charge on any atom is -0.331 e. The highest BCUT2D eigenvalue weighted by Crippen LogP contribution is 2.18. The topological polar surface area (TPSA) is 44.4 Å². The number of rotatable bonds is 1. The molecule has 0 aromatic heterocycles. The Morgan fingerprint density at radius 1 is 1.04 bits per heavy atom. The highest BCUT2D eigenvalue weighted by Gasteiger charge is 2.30. The molecule has 0 saturated carbocycles. The molecule has 1 fully saturated rings. The summed E-state index contributed by atoms with van der Waals surface area (Å²) in [6.07, 6.45) is -0.119. The van der Waals surface area contributed by atoms with Crippen LogP contribution in [0.2, 0.25) is 0 Å². The summed E-state index contributed by atoms with van der Waals surface area (Å²) in [6, 6.07) is 15.5. The van der Waals surface area contributed by atoms with Crippen molar-refractivity contribution in [3.63, 3.8) is 0 Å². The number of nitrogens with zero attached hydrogens (tertiary/aromatic N) is 1. The average Bonchev–Trinajstić information content (AvgIpc) is 3.07. The van der Waals surface area contributed by atoms with E-state index in [9.17, 15) is 13.6 Å². The van der Waals surface area contributed by atoms with Gasteiger partial charge >= 0.3 is 6.03 Å². The minimum absolute atomic E-state index is 0.161. The Labute approximate surface area is 152 Å². The number of nitrogens with one attached hydrogen (secondary N) is 2. The summed E-state index contributed by atoms with van der Waals surface area (Å²) in [6.45, 7) is 2.14. The van der Waals surface area contributed by atoms with Crippen LogP contribution >= 0.6 is 0 Å². The largest absolute Gasteiger partial charge is 0.331 e. The van der Waals surface area contributed by atoms with Gasteiger partial charge in [-0.2, -0.15) is 0 Å². The SMILES string of the molecule is Fc1ccccc1.O=C(NC1CNCC1F)N1CCc2ccccc2C1. The molecule has 2 aliphatic heterocycles. The standard InChI is InChI=1S/C14H18FN3O.C6H5F/c15-12-7-16-8-13(12)17-14(19)18-6-5-10-3-1-2-4-11(10)9-18;7-6-4-2-1-3-5-6/h1-4,12-13,16H,5-9H2,(H,17,19);1-5H. The number of hydrogen-bond donors (Lipinski definition) is 2. The highest BCUT2D eigenvalue weighted by molar-refractivity contribution is 5.75. The van der Waals surface area contributed by atoms with Gasteiger partial charge in [0.25, 0.3) is 0 Å². The number of alkyl halides is 1. The first-order valence-corrected chi connectivity index (χ1v) is 8.81. The molecule has 2 aromatic rings. The van der Waals surface area contributed by atoms with Gasteiger partial charge in [0.1, 0.15) is 12.0 Å². The number of carbonyl (C=O) groups is 1. The quantitative estimate of drug-likeness (QED) is 0.822. The zero-order valence-electron chi connectivity index (χ0n) is 14.5. The Morgan fingerprint density at radius 3 is 2.35 bits per heavy atom. The van der Waals surface area contributed by atoms with Crippen LogP contribution in [0.25, 0.3) is 0 Å². The Bertz CT molecular complexity index is 726. The van der Waals surface area contributed by atoms with Crippen molar-refractivity contribution in [2.75, 3.05) is 19.6 Å². The Hall–Kier alpha value is -2.47. The van der Waals surface area contributed by atoms with Crippen molar-refractivity contribution >= 4 is 6.03 Å². The minimum atomic E-state index is -0.985. The first-order valence-electron chi connectivity index (χ1n) is 8.81. The number of hydrogen-bond acceptors (Lipinski definition) is 2. The van der Waals surface area contributed by atoms with Crippen molar-refractivity contribution in [1.82, 2.24) is 15.5 Å². The van der Waals surface area contributed by atoms with Gasteiger partial charge in [-0.05, 0) is 29.7 Å². The summed E-state index contributed by atoms with van der Waals surface area (Å²) >= 11 is 0. The van der Waals surface area contributed by atoms with Gasteiger partial charge in [0.05, 0.1) is 6.04 Å². The van der Waals surface area contributed by atoms with Gasteiger partial charge in [-0.3, -0.25) is 0 Å². The third-order valence-corrected chi connectivity index (χ3v) is 4.60. The first-order chi connectivity index (χ1) is 12.6. The van der Waals surface area contributed by atoms with Gasteiger partial charge in [-0.15, -0.1) is 0 Å². The first kappa shape index (κ1) is 18.3. The monoisotopic (exact) mass is 359 g/mol. The second kappa shape index (κ2) is 8.76. The predicted molar refractivity (Wildman–Crippen MR) is 97.0 cm³/mol. The Morgan fingerprint density at radius 2 is 1.73 bits per heavy atom. The number of benzene rings is 2. The van der Waals surface area contributed by atoms with Crippen LogP contribution in [0.5, 0.6) is 0 Å². The van der Waals surface area contributed by atoms with Gasteiger partial charge in [-0.1, -0.05) is 42.5 Å². The molecule has 0 spiro atoms. The molecule has 138 valence electrons. The van der Waals surface area contributed by atoms with E-state index in [1.54, 1.807) is 23.1 Å². The van der Waals surface area contributed by atoms with Crippen molar-refractivity contribution in [2.24, 2.45) is 0 Å². The molecule has 2 atom stereocenters. The molecule has 2 amide bonds. The molecule has 2 aromatic carbocycles. The van der Waals surface area contributed by atoms with E-state index >= 15 is 0 Å². The molecule has 2 heterocycles. The maximum absolute atomic E-state index is 13.5. The number of urea groups is 1. The molecular weight excluding hydrogens is 336 g/mol. The fourth-order valence-corrected chi connectivity index (χ4v) is 3.12. The van der Waals surface area contributed by atoms with Crippen LogP contribution in [0.1, 0.15) is 11.1 Å². The zero-order valence-corrected chi connectivity index (χ0v) is 14.5. The molecule has 2 N–H and O–H groups in total. The summed E-state index contributed by atoms with van der Waals surface area (Å²) < 4.78 is 25.4. The summed E-state index contributed by atoms with van der Waals surface area (Å²) in [5.41, 5.74) is 2.49. The van der Waals surface area contributed by atoms with Gasteiger partial charge in [0.15, 0.2) is 0 Å². The normalized spacial score (nSPS) is 21.4. The molecule has 6 heteroatoms. The molecule has 0 aliphatic carbocycles. The van der Waals surface area contributed by atoms with Crippen molar-refractivity contribution in [1.29, 1.82) is 0 Å². The van der Waals surface area contributed by atoms with Crippen LogP contribution in [0, 0.1) is 5.82 Å². The number of carbonyl (C=O) groups excluding carboxylic acids is 1. The van der Waals surface area contributed by atoms with E-state index in [4.69, 9.17) is 0 Å². The van der Waals surface area contributed by atoms with Crippen LogP contribution in [0.15, 0.2) is 54.6 Å². The fourth-order valence-electron chi connectivity index (χ4n) is 3.12. The Kier molecular flexibility index (Phi) is 6.17. The zero-order chi connectivity index (χ0) is 18.4. The van der Waals surface area contributed by atoms with E-state index in [1.807, 2.05) is 18.2 Å². The lowest BCUT2D eigenvalue weighted by Gasteiger charge is -2.30. The maximum Gasteiger partial charge on any atom is 0.318 e. The predicted octanol–water partition coefficient (Wildman–Crippen LogP) is 2.89. The lowest BCUT2D eigenvalue weighted by Crippen LogP contribution is -2.49. The number of fused-ring (bicyclic) bond motifs is 1. The van der Waals surface area contributed by atoms with Crippen molar-refractivity contribution in [3.8, 4) is 0 Å². The smallest absolute Gasteiger partial charge is 0.318 e. The lowest BCUT2D eigenvalue weighted by molar-refractivity contribution is 0.182. The highest BCUT2D eigenvalue weighted by atomic mass is 19.1. The second-order valence-electron chi connectivity index (χ2n) is 6.47. The fraction of sp³-hybridized carbons (Fsp3) is 0.350. The molecule has 2 aliphatic rings. The number of amides is 2. The van der Waals surface area contributed by atoms with Crippen molar-refractivity contribution < 1.29 is 13.6 Å². The third kappa shape index (κ3) is 4.79. The van der Waals surface area contributed by atoms with E-state index in [1.165, 1.54) is 23.3 Å². The van der Waals surface area contributed by atoms with Crippen molar-refractivity contribution in [2.45, 2.75) is 25.2 Å². The van der Waals surface area contributed by atoms with Crippen LogP contribution in [-0.2, 0) is 13.0 Å². The van der Waals surface area contributed by atoms with Gasteiger partial charge in [0, 0.05) is 26.2 Å². The van der Waals surface area contributed by atoms with Crippen molar-refractivity contribution in [3.05, 3.63) is 71.5 Å². The van der Waals surface area contributed by atoms with Gasteiger partial charge in [0.2, 0.25) is 0 Å². The lowest BCUT2D eigenvalue weighted by atomic mass is 10.0. The second-order valence-corrected chi connectivity index (χ2v) is 6.47. The molecular formula is C20H23F2N3O. The molecule has 4 nitrogen and oxygen atoms in total. The Balaban J connectivity index is 0.000000236. The molecule has 2 unspecified atom stereocenters. The molecule has 0 bridgehead atoms. The molecule has 1 saturated heterocycles. The van der Waals surface area contributed by atoms with Crippen LogP contribution < -0.4 is 10.6 Å². The summed E-state index contributed by atoms with van der Waals surface area (Å²) in [4.78, 5) is 13.9. The number of halogens is 2. The summed E-state index contributed by atoms with van der Waals surface area (Å²) in [5.74, 6) is -0.178. The summed E-state index contributed by atoms with van der Waals surface area (Å²) in [7, 11) is 0. The van der Waals surface area contributed by atoms with Gasteiger partial charge < -0.3 is 15.5 Å². The third-order valence-electron chi connectivity index (χ3n) is 4.60. The molecule has 26 heavy (non-hydrogen) atoms. The van der Waals surface area contributed by atoms with Crippen LogP contribution in [0.4, 0.5) is 13.6 Å². The average molecular weight is 359 g/mol. The molecule has 4 rings (SSSR count). The van der Waals surface area contributed by atoms with E-state index in [2.05, 4.69) is 16.7 Å². The maximum atomic E-state index is 13.5. The van der Waals surface area contributed by atoms with E-state index in [0.29, 0.717) is 26.2 Å². The summed E-state index contributed by atoms with van der Waals surface area (Å²) in [5, 5.41) is 5.72. The van der Waals surface area contributed by atoms with E-state index in [0.717, 1.165) is 6.42 Å². The molecule has 0 radical (unpaired) electrons.